The van der Waals surface area contributed by atoms with E-state index in [4.69, 9.17) is 4.74 Å². The van der Waals surface area contributed by atoms with Gasteiger partial charge in [-0.3, -0.25) is 4.79 Å². The molecule has 0 radical (unpaired) electrons. The molecule has 0 saturated heterocycles. The average Bonchev–Trinajstić information content (AvgIpc) is 2.48. The first kappa shape index (κ1) is 16.2. The molecule has 0 spiro atoms. The molecule has 0 heterocycles. The van der Waals surface area contributed by atoms with Gasteiger partial charge in [0.2, 0.25) is 0 Å². The smallest absolute Gasteiger partial charge is 0.255 e. The summed E-state index contributed by atoms with van der Waals surface area (Å²) < 4.78 is 5.06. The van der Waals surface area contributed by atoms with Crippen LogP contribution in [0.1, 0.15) is 21.5 Å². The average molecular weight is 298 g/mol. The van der Waals surface area contributed by atoms with Crippen LogP contribution in [0.15, 0.2) is 48.5 Å². The molecule has 4 nitrogen and oxygen atoms in total. The van der Waals surface area contributed by atoms with Crippen molar-refractivity contribution >= 4 is 11.6 Å². The van der Waals surface area contributed by atoms with Gasteiger partial charge in [0, 0.05) is 24.9 Å². The first-order valence-corrected chi connectivity index (χ1v) is 7.21. The summed E-state index contributed by atoms with van der Waals surface area (Å²) in [5, 5.41) is 2.93. The molecule has 0 fully saturated rings. The van der Waals surface area contributed by atoms with Crippen LogP contribution >= 0.6 is 0 Å². The summed E-state index contributed by atoms with van der Waals surface area (Å²) in [7, 11) is 5.70. The minimum absolute atomic E-state index is 0.106. The van der Waals surface area contributed by atoms with E-state index in [1.807, 2.05) is 56.6 Å². The molecule has 0 aliphatic carbocycles. The molecule has 116 valence electrons. The van der Waals surface area contributed by atoms with Gasteiger partial charge in [-0.2, -0.15) is 0 Å². The van der Waals surface area contributed by atoms with Crippen LogP contribution in [-0.2, 0) is 17.9 Å². The third-order valence-corrected chi connectivity index (χ3v) is 3.21. The molecule has 1 N–H and O–H groups in total. The fourth-order valence-electron chi connectivity index (χ4n) is 2.23. The Hall–Kier alpha value is -2.17. The Bertz CT molecular complexity index is 621. The summed E-state index contributed by atoms with van der Waals surface area (Å²) in [6, 6.07) is 15.3. The lowest BCUT2D eigenvalue weighted by molar-refractivity contribution is 0.102. The zero-order chi connectivity index (χ0) is 15.9. The summed E-state index contributed by atoms with van der Waals surface area (Å²) in [5.41, 5.74) is 3.66. The van der Waals surface area contributed by atoms with E-state index in [1.165, 1.54) is 5.56 Å². The Morgan fingerprint density at radius 2 is 1.82 bits per heavy atom. The van der Waals surface area contributed by atoms with Gasteiger partial charge in [0.15, 0.2) is 0 Å². The molecule has 2 rings (SSSR count). The van der Waals surface area contributed by atoms with E-state index in [0.717, 1.165) is 17.8 Å². The van der Waals surface area contributed by atoms with Crippen LogP contribution in [0.25, 0.3) is 0 Å². The Balaban J connectivity index is 2.05. The van der Waals surface area contributed by atoms with Crippen molar-refractivity contribution in [3.8, 4) is 0 Å². The van der Waals surface area contributed by atoms with E-state index in [2.05, 4.69) is 16.3 Å². The van der Waals surface area contributed by atoms with Gasteiger partial charge >= 0.3 is 0 Å². The molecular formula is C18H22N2O2. The summed E-state index contributed by atoms with van der Waals surface area (Å²) >= 11 is 0. The van der Waals surface area contributed by atoms with E-state index < -0.39 is 0 Å². The normalized spacial score (nSPS) is 10.7. The molecule has 0 aliphatic rings. The number of hydrogen-bond acceptors (Lipinski definition) is 3. The van der Waals surface area contributed by atoms with Gasteiger partial charge in [0.1, 0.15) is 0 Å². The van der Waals surface area contributed by atoms with Gasteiger partial charge in [0.05, 0.1) is 6.61 Å². The largest absolute Gasteiger partial charge is 0.380 e. The summed E-state index contributed by atoms with van der Waals surface area (Å²) in [4.78, 5) is 14.4. The molecule has 22 heavy (non-hydrogen) atoms. The van der Waals surface area contributed by atoms with Crippen LogP contribution in [0.4, 0.5) is 5.69 Å². The third kappa shape index (κ3) is 4.69. The fraction of sp³-hybridized carbons (Fsp3) is 0.278. The second-order valence-electron chi connectivity index (χ2n) is 5.52. The SMILES string of the molecule is COCc1ccc(C(=O)Nc2cccc(CN(C)C)c2)cc1. The number of carbonyl (C=O) groups excluding carboxylic acids is 1. The number of nitrogens with zero attached hydrogens (tertiary/aromatic N) is 1. The van der Waals surface area contributed by atoms with Crippen molar-refractivity contribution in [2.45, 2.75) is 13.2 Å². The zero-order valence-electron chi connectivity index (χ0n) is 13.3. The fourth-order valence-corrected chi connectivity index (χ4v) is 2.23. The molecule has 0 bridgehead atoms. The Kier molecular flexibility index (Phi) is 5.69. The molecule has 2 aromatic carbocycles. The molecule has 0 aliphatic heterocycles. The molecule has 0 saturated carbocycles. The minimum atomic E-state index is -0.106. The maximum atomic E-state index is 12.3. The van der Waals surface area contributed by atoms with Crippen LogP contribution < -0.4 is 5.32 Å². The second kappa shape index (κ2) is 7.73. The van der Waals surface area contributed by atoms with Crippen LogP contribution in [0.3, 0.4) is 0 Å². The maximum absolute atomic E-state index is 12.3. The van der Waals surface area contributed by atoms with Gasteiger partial charge in [0.25, 0.3) is 5.91 Å². The first-order valence-electron chi connectivity index (χ1n) is 7.21. The number of methoxy groups -OCH3 is 1. The molecule has 0 atom stereocenters. The van der Waals surface area contributed by atoms with Gasteiger partial charge < -0.3 is 15.0 Å². The monoisotopic (exact) mass is 298 g/mol. The quantitative estimate of drug-likeness (QED) is 0.890. The van der Waals surface area contributed by atoms with E-state index in [0.29, 0.717) is 12.2 Å². The van der Waals surface area contributed by atoms with Gasteiger partial charge in [-0.25, -0.2) is 0 Å². The van der Waals surface area contributed by atoms with E-state index in [9.17, 15) is 4.79 Å². The predicted molar refractivity (Wildman–Crippen MR) is 88.9 cm³/mol. The highest BCUT2D eigenvalue weighted by Gasteiger charge is 2.06. The van der Waals surface area contributed by atoms with E-state index in [-0.39, 0.29) is 5.91 Å². The van der Waals surface area contributed by atoms with Crippen molar-refractivity contribution in [1.82, 2.24) is 4.90 Å². The maximum Gasteiger partial charge on any atom is 0.255 e. The summed E-state index contributed by atoms with van der Waals surface area (Å²) in [6.45, 7) is 1.39. The number of carbonyl (C=O) groups is 1. The van der Waals surface area contributed by atoms with E-state index in [1.54, 1.807) is 7.11 Å². The van der Waals surface area contributed by atoms with Crippen LogP contribution in [0.2, 0.25) is 0 Å². The number of nitrogens with one attached hydrogen (secondary N) is 1. The molecule has 0 aromatic heterocycles. The van der Waals surface area contributed by atoms with Crippen LogP contribution in [0, 0.1) is 0 Å². The summed E-state index contributed by atoms with van der Waals surface area (Å²) in [5.74, 6) is -0.106. The molecule has 1 amide bonds. The number of amides is 1. The molecule has 2 aromatic rings. The molecular weight excluding hydrogens is 276 g/mol. The highest BCUT2D eigenvalue weighted by atomic mass is 16.5. The number of anilines is 1. The standard InChI is InChI=1S/C18H22N2O2/c1-20(2)12-15-5-4-6-17(11-15)19-18(21)16-9-7-14(8-10-16)13-22-3/h4-11H,12-13H2,1-3H3,(H,19,21). The first-order chi connectivity index (χ1) is 10.6. The number of benzene rings is 2. The summed E-state index contributed by atoms with van der Waals surface area (Å²) in [6.07, 6.45) is 0. The minimum Gasteiger partial charge on any atom is -0.380 e. The lowest BCUT2D eigenvalue weighted by atomic mass is 10.1. The second-order valence-corrected chi connectivity index (χ2v) is 5.52. The van der Waals surface area contributed by atoms with Gasteiger partial charge in [-0.15, -0.1) is 0 Å². The van der Waals surface area contributed by atoms with Crippen LogP contribution in [0.5, 0.6) is 0 Å². The van der Waals surface area contributed by atoms with E-state index >= 15 is 0 Å². The van der Waals surface area contributed by atoms with Crippen molar-refractivity contribution in [1.29, 1.82) is 0 Å². The molecule has 0 unspecified atom stereocenters. The van der Waals surface area contributed by atoms with Crippen molar-refractivity contribution in [2.24, 2.45) is 0 Å². The van der Waals surface area contributed by atoms with Crippen LogP contribution in [-0.4, -0.2) is 32.0 Å². The lowest BCUT2D eigenvalue weighted by Crippen LogP contribution is -2.13. The Labute approximate surface area is 131 Å². The topological polar surface area (TPSA) is 41.6 Å². The van der Waals surface area contributed by atoms with Gasteiger partial charge in [-0.05, 0) is 49.5 Å². The Morgan fingerprint density at radius 1 is 1.09 bits per heavy atom. The van der Waals surface area contributed by atoms with Gasteiger partial charge in [-0.1, -0.05) is 24.3 Å². The highest BCUT2D eigenvalue weighted by Crippen LogP contribution is 2.14. The third-order valence-electron chi connectivity index (χ3n) is 3.21. The zero-order valence-corrected chi connectivity index (χ0v) is 13.3. The van der Waals surface area contributed by atoms with Crippen molar-refractivity contribution in [2.75, 3.05) is 26.5 Å². The van der Waals surface area contributed by atoms with Crippen molar-refractivity contribution in [3.05, 3.63) is 65.2 Å². The Morgan fingerprint density at radius 3 is 2.45 bits per heavy atom. The number of hydrogen-bond donors (Lipinski definition) is 1. The predicted octanol–water partition coefficient (Wildman–Crippen LogP) is 3.15. The van der Waals surface area contributed by atoms with Crippen molar-refractivity contribution < 1.29 is 9.53 Å². The van der Waals surface area contributed by atoms with Crippen molar-refractivity contribution in [3.63, 3.8) is 0 Å². The lowest BCUT2D eigenvalue weighted by Gasteiger charge is -2.11. The number of rotatable bonds is 6. The number of ether oxygens (including phenoxy) is 1. The molecule has 4 heteroatoms. The highest BCUT2D eigenvalue weighted by molar-refractivity contribution is 6.04.